The Labute approximate surface area is 104 Å². The van der Waals surface area contributed by atoms with E-state index in [1.807, 2.05) is 13.8 Å². The van der Waals surface area contributed by atoms with Gasteiger partial charge in [0, 0.05) is 39.8 Å². The van der Waals surface area contributed by atoms with Crippen molar-refractivity contribution in [3.63, 3.8) is 0 Å². The third-order valence-corrected chi connectivity index (χ3v) is 5.00. The number of nitrogens with zero attached hydrogens (tertiary/aromatic N) is 2. The second kappa shape index (κ2) is 6.65. The van der Waals surface area contributed by atoms with Gasteiger partial charge in [-0.25, -0.2) is 0 Å². The largest absolute Gasteiger partial charge is 0.374 e. The van der Waals surface area contributed by atoms with E-state index in [4.69, 9.17) is 4.74 Å². The summed E-state index contributed by atoms with van der Waals surface area (Å²) >= 11 is 0. The van der Waals surface area contributed by atoms with E-state index in [2.05, 4.69) is 5.32 Å². The summed E-state index contributed by atoms with van der Waals surface area (Å²) in [5, 5.41) is 3.19. The van der Waals surface area contributed by atoms with Crippen molar-refractivity contribution in [3.8, 4) is 0 Å². The molecular weight excluding hydrogens is 242 g/mol. The first-order valence-corrected chi connectivity index (χ1v) is 7.45. The van der Waals surface area contributed by atoms with Crippen molar-refractivity contribution in [1.29, 1.82) is 0 Å². The summed E-state index contributed by atoms with van der Waals surface area (Å²) in [6.45, 7) is 7.25. The average molecular weight is 265 g/mol. The van der Waals surface area contributed by atoms with Gasteiger partial charge in [-0.2, -0.15) is 17.0 Å². The second-order valence-corrected chi connectivity index (χ2v) is 6.10. The fraction of sp³-hybridized carbons (Fsp3) is 1.00. The standard InChI is InChI=1S/C10H23N3O3S/c1-4-13(5-2)17(14,15)12(3)9-10-8-11-6-7-16-10/h10-11H,4-9H2,1-3H3. The molecule has 0 amide bonds. The monoisotopic (exact) mass is 265 g/mol. The van der Waals surface area contributed by atoms with Gasteiger partial charge in [0.15, 0.2) is 0 Å². The van der Waals surface area contributed by atoms with Gasteiger partial charge in [0.2, 0.25) is 0 Å². The molecule has 0 aromatic rings. The smallest absolute Gasteiger partial charge is 0.281 e. The van der Waals surface area contributed by atoms with Gasteiger partial charge in [0.05, 0.1) is 12.7 Å². The maximum Gasteiger partial charge on any atom is 0.281 e. The summed E-state index contributed by atoms with van der Waals surface area (Å²) in [5.74, 6) is 0. The van der Waals surface area contributed by atoms with Crippen molar-refractivity contribution in [1.82, 2.24) is 13.9 Å². The third-order valence-electron chi connectivity index (χ3n) is 2.89. The number of morpholine rings is 1. The zero-order valence-corrected chi connectivity index (χ0v) is 11.7. The quantitative estimate of drug-likeness (QED) is 0.703. The molecule has 0 saturated carbocycles. The number of hydrogen-bond acceptors (Lipinski definition) is 4. The van der Waals surface area contributed by atoms with Crippen LogP contribution in [0.5, 0.6) is 0 Å². The maximum atomic E-state index is 12.1. The highest BCUT2D eigenvalue weighted by Gasteiger charge is 2.27. The van der Waals surface area contributed by atoms with Crippen LogP contribution in [0.15, 0.2) is 0 Å². The highest BCUT2D eigenvalue weighted by molar-refractivity contribution is 7.86. The van der Waals surface area contributed by atoms with E-state index >= 15 is 0 Å². The first kappa shape index (κ1) is 14.8. The van der Waals surface area contributed by atoms with Crippen molar-refractivity contribution in [2.45, 2.75) is 20.0 Å². The van der Waals surface area contributed by atoms with E-state index in [1.54, 1.807) is 7.05 Å². The highest BCUT2D eigenvalue weighted by Crippen LogP contribution is 2.08. The lowest BCUT2D eigenvalue weighted by atomic mass is 10.3. The number of rotatable bonds is 6. The lowest BCUT2D eigenvalue weighted by Crippen LogP contribution is -2.49. The minimum atomic E-state index is -3.34. The van der Waals surface area contributed by atoms with Crippen LogP contribution in [0.25, 0.3) is 0 Å². The van der Waals surface area contributed by atoms with Crippen LogP contribution in [0.4, 0.5) is 0 Å². The average Bonchev–Trinajstić information content (AvgIpc) is 2.31. The third kappa shape index (κ3) is 3.89. The van der Waals surface area contributed by atoms with Crippen LogP contribution < -0.4 is 5.32 Å². The number of nitrogens with one attached hydrogen (secondary N) is 1. The Morgan fingerprint density at radius 3 is 2.47 bits per heavy atom. The van der Waals surface area contributed by atoms with Crippen LogP contribution >= 0.6 is 0 Å². The van der Waals surface area contributed by atoms with Crippen LogP contribution in [0.3, 0.4) is 0 Å². The van der Waals surface area contributed by atoms with Crippen LogP contribution in [0.1, 0.15) is 13.8 Å². The molecule has 0 aliphatic carbocycles. The predicted molar refractivity (Wildman–Crippen MR) is 67.1 cm³/mol. The van der Waals surface area contributed by atoms with Crippen molar-refractivity contribution in [3.05, 3.63) is 0 Å². The topological polar surface area (TPSA) is 61.9 Å². The van der Waals surface area contributed by atoms with Crippen molar-refractivity contribution in [2.24, 2.45) is 0 Å². The Hall–Kier alpha value is -0.210. The molecule has 1 saturated heterocycles. The van der Waals surface area contributed by atoms with Crippen molar-refractivity contribution in [2.75, 3.05) is 46.4 Å². The Balaban J connectivity index is 2.58. The Morgan fingerprint density at radius 2 is 2.00 bits per heavy atom. The molecule has 1 atom stereocenters. The molecule has 102 valence electrons. The van der Waals surface area contributed by atoms with Gasteiger partial charge in [-0.1, -0.05) is 13.8 Å². The zero-order valence-electron chi connectivity index (χ0n) is 10.8. The van der Waals surface area contributed by atoms with Gasteiger partial charge >= 0.3 is 0 Å². The number of likely N-dealkylation sites (N-methyl/N-ethyl adjacent to an activating group) is 1. The molecule has 1 unspecified atom stereocenters. The van der Waals surface area contributed by atoms with Gasteiger partial charge in [0.25, 0.3) is 10.2 Å². The van der Waals surface area contributed by atoms with Crippen LogP contribution in [-0.2, 0) is 14.9 Å². The van der Waals surface area contributed by atoms with Crippen LogP contribution in [0.2, 0.25) is 0 Å². The first-order valence-electron chi connectivity index (χ1n) is 6.06. The minimum absolute atomic E-state index is 0.0564. The highest BCUT2D eigenvalue weighted by atomic mass is 32.2. The number of ether oxygens (including phenoxy) is 1. The Kier molecular flexibility index (Phi) is 5.81. The summed E-state index contributed by atoms with van der Waals surface area (Å²) in [6.07, 6.45) is -0.0564. The molecule has 1 N–H and O–H groups in total. The minimum Gasteiger partial charge on any atom is -0.374 e. The summed E-state index contributed by atoms with van der Waals surface area (Å²) in [5.41, 5.74) is 0. The van der Waals surface area contributed by atoms with E-state index in [9.17, 15) is 8.42 Å². The molecule has 17 heavy (non-hydrogen) atoms. The fourth-order valence-electron chi connectivity index (χ4n) is 1.86. The molecule has 1 aliphatic heterocycles. The molecule has 6 nitrogen and oxygen atoms in total. The summed E-state index contributed by atoms with van der Waals surface area (Å²) < 4.78 is 32.6. The van der Waals surface area contributed by atoms with Crippen LogP contribution in [-0.4, -0.2) is 69.5 Å². The molecule has 0 bridgehead atoms. The fourth-order valence-corrected chi connectivity index (χ4v) is 3.27. The summed E-state index contributed by atoms with van der Waals surface area (Å²) in [4.78, 5) is 0. The van der Waals surface area contributed by atoms with Gasteiger partial charge < -0.3 is 10.1 Å². The molecule has 0 aromatic heterocycles. The second-order valence-electron chi connectivity index (χ2n) is 4.07. The molecule has 1 rings (SSSR count). The molecule has 7 heteroatoms. The van der Waals surface area contributed by atoms with Gasteiger partial charge in [-0.15, -0.1) is 0 Å². The first-order chi connectivity index (χ1) is 8.02. The predicted octanol–water partition coefficient (Wildman–Crippen LogP) is -0.507. The van der Waals surface area contributed by atoms with Gasteiger partial charge in [-0.3, -0.25) is 0 Å². The molecule has 0 radical (unpaired) electrons. The van der Waals surface area contributed by atoms with Gasteiger partial charge in [0.1, 0.15) is 0 Å². The normalized spacial score (nSPS) is 22.3. The van der Waals surface area contributed by atoms with E-state index in [0.29, 0.717) is 32.8 Å². The van der Waals surface area contributed by atoms with Crippen molar-refractivity contribution >= 4 is 10.2 Å². The van der Waals surface area contributed by atoms with Gasteiger partial charge in [-0.05, 0) is 0 Å². The zero-order chi connectivity index (χ0) is 12.9. The molecule has 0 aromatic carbocycles. The van der Waals surface area contributed by atoms with E-state index < -0.39 is 10.2 Å². The molecule has 1 aliphatic rings. The maximum absolute atomic E-state index is 12.1. The molecule has 0 spiro atoms. The van der Waals surface area contributed by atoms with Crippen molar-refractivity contribution < 1.29 is 13.2 Å². The molecule has 1 heterocycles. The Bertz CT molecular complexity index is 311. The lowest BCUT2D eigenvalue weighted by Gasteiger charge is -2.30. The Morgan fingerprint density at radius 1 is 1.35 bits per heavy atom. The molecular formula is C10H23N3O3S. The van der Waals surface area contributed by atoms with E-state index in [0.717, 1.165) is 6.54 Å². The molecule has 1 fully saturated rings. The van der Waals surface area contributed by atoms with E-state index in [-0.39, 0.29) is 6.10 Å². The SMILES string of the molecule is CCN(CC)S(=O)(=O)N(C)CC1CNCCO1. The summed E-state index contributed by atoms with van der Waals surface area (Å²) in [7, 11) is -1.74. The van der Waals surface area contributed by atoms with Crippen LogP contribution in [0, 0.1) is 0 Å². The van der Waals surface area contributed by atoms with E-state index in [1.165, 1.54) is 8.61 Å². The summed E-state index contributed by atoms with van der Waals surface area (Å²) in [6, 6.07) is 0. The lowest BCUT2D eigenvalue weighted by molar-refractivity contribution is 0.0200. The number of hydrogen-bond donors (Lipinski definition) is 1.